The number of nitrogens with zero attached hydrogens (tertiary/aromatic N) is 2. The van der Waals surface area contributed by atoms with Crippen molar-refractivity contribution in [3.05, 3.63) is 76.6 Å². The summed E-state index contributed by atoms with van der Waals surface area (Å²) in [5.74, 6) is -0.413. The Bertz CT molecular complexity index is 1080. The second-order valence-electron chi connectivity index (χ2n) is 6.91. The minimum Gasteiger partial charge on any atom is -0.339 e. The predicted octanol–water partition coefficient (Wildman–Crippen LogP) is 2.88. The van der Waals surface area contributed by atoms with Gasteiger partial charge in [-0.2, -0.15) is 0 Å². The summed E-state index contributed by atoms with van der Waals surface area (Å²) in [5, 5.41) is 3.48. The summed E-state index contributed by atoms with van der Waals surface area (Å²) in [6, 6.07) is 17.7. The number of rotatable bonds is 4. The third-order valence-corrected chi connectivity index (χ3v) is 5.00. The van der Waals surface area contributed by atoms with Crippen LogP contribution in [0, 0.1) is 0 Å². The summed E-state index contributed by atoms with van der Waals surface area (Å²) in [6.45, 7) is 1.32. The van der Waals surface area contributed by atoms with Crippen molar-refractivity contribution in [2.75, 3.05) is 18.4 Å². The van der Waals surface area contributed by atoms with Gasteiger partial charge in [-0.25, -0.2) is 0 Å². The van der Waals surface area contributed by atoms with E-state index in [0.717, 1.165) is 25.9 Å². The minimum absolute atomic E-state index is 0.119. The van der Waals surface area contributed by atoms with Crippen molar-refractivity contribution in [2.45, 2.75) is 19.4 Å². The summed E-state index contributed by atoms with van der Waals surface area (Å²) in [7, 11) is 0. The molecule has 0 radical (unpaired) electrons. The van der Waals surface area contributed by atoms with E-state index in [1.165, 1.54) is 10.6 Å². The second-order valence-corrected chi connectivity index (χ2v) is 6.91. The highest BCUT2D eigenvalue weighted by atomic mass is 16.2. The van der Waals surface area contributed by atoms with Crippen molar-refractivity contribution in [3.63, 3.8) is 0 Å². The Morgan fingerprint density at radius 2 is 1.61 bits per heavy atom. The van der Waals surface area contributed by atoms with E-state index in [9.17, 15) is 14.4 Å². The van der Waals surface area contributed by atoms with Crippen LogP contribution in [-0.2, 0) is 11.3 Å². The van der Waals surface area contributed by atoms with E-state index in [1.54, 1.807) is 29.2 Å². The molecule has 0 aliphatic carbocycles. The number of hydrogen-bond donors (Lipinski definition) is 1. The Morgan fingerprint density at radius 3 is 2.36 bits per heavy atom. The average Bonchev–Trinajstić information content (AvgIpc) is 3.25. The lowest BCUT2D eigenvalue weighted by atomic mass is 10.1. The number of amides is 2. The molecule has 142 valence electrons. The van der Waals surface area contributed by atoms with Gasteiger partial charge in [0.2, 0.25) is 5.91 Å². The number of likely N-dealkylation sites (tertiary alicyclic amines) is 1. The Labute approximate surface area is 162 Å². The predicted molar refractivity (Wildman–Crippen MR) is 108 cm³/mol. The lowest BCUT2D eigenvalue weighted by Gasteiger charge is -2.18. The summed E-state index contributed by atoms with van der Waals surface area (Å²) >= 11 is 0. The zero-order chi connectivity index (χ0) is 19.5. The van der Waals surface area contributed by atoms with E-state index in [4.69, 9.17) is 0 Å². The molecule has 1 aromatic heterocycles. The lowest BCUT2D eigenvalue weighted by Crippen LogP contribution is -2.32. The van der Waals surface area contributed by atoms with Gasteiger partial charge in [-0.3, -0.25) is 19.0 Å². The summed E-state index contributed by atoms with van der Waals surface area (Å²) in [6.07, 6.45) is 1.97. The zero-order valence-electron chi connectivity index (χ0n) is 15.4. The fourth-order valence-corrected chi connectivity index (χ4v) is 3.63. The van der Waals surface area contributed by atoms with Crippen LogP contribution in [0.3, 0.4) is 0 Å². The van der Waals surface area contributed by atoms with Gasteiger partial charge in [0.25, 0.3) is 11.5 Å². The molecule has 0 unspecified atom stereocenters. The first-order valence-corrected chi connectivity index (χ1v) is 9.40. The monoisotopic (exact) mass is 375 g/mol. The molecule has 0 spiro atoms. The van der Waals surface area contributed by atoms with E-state index in [0.29, 0.717) is 22.2 Å². The number of aromatic nitrogens is 1. The van der Waals surface area contributed by atoms with Gasteiger partial charge >= 0.3 is 0 Å². The van der Waals surface area contributed by atoms with Gasteiger partial charge in [0.05, 0.1) is 11.1 Å². The van der Waals surface area contributed by atoms with Gasteiger partial charge in [-0.15, -0.1) is 0 Å². The highest BCUT2D eigenvalue weighted by molar-refractivity contribution is 6.06. The van der Waals surface area contributed by atoms with Crippen LogP contribution in [0.1, 0.15) is 23.2 Å². The van der Waals surface area contributed by atoms with Crippen molar-refractivity contribution in [3.8, 4) is 0 Å². The van der Waals surface area contributed by atoms with Crippen LogP contribution in [0.25, 0.3) is 10.9 Å². The Hall–Kier alpha value is -3.41. The van der Waals surface area contributed by atoms with Crippen molar-refractivity contribution in [1.82, 2.24) is 9.47 Å². The van der Waals surface area contributed by atoms with Gasteiger partial charge < -0.3 is 10.2 Å². The number of anilines is 1. The Balaban J connectivity index is 1.69. The minimum atomic E-state index is -0.357. The molecule has 28 heavy (non-hydrogen) atoms. The molecule has 3 aromatic rings. The molecule has 2 aromatic carbocycles. The number of benzene rings is 2. The topological polar surface area (TPSA) is 71.4 Å². The van der Waals surface area contributed by atoms with Crippen molar-refractivity contribution in [1.29, 1.82) is 0 Å². The fraction of sp³-hybridized carbons (Fsp3) is 0.227. The first-order chi connectivity index (χ1) is 13.6. The highest BCUT2D eigenvalue weighted by Gasteiger charge is 2.23. The number of pyridine rings is 1. The van der Waals surface area contributed by atoms with Crippen LogP contribution >= 0.6 is 0 Å². The smallest absolute Gasteiger partial charge is 0.254 e. The fourth-order valence-electron chi connectivity index (χ4n) is 3.63. The van der Waals surface area contributed by atoms with Crippen LogP contribution in [0.4, 0.5) is 5.69 Å². The number of carbonyl (C=O) groups is 2. The normalized spacial score (nSPS) is 13.6. The molecule has 2 heterocycles. The summed E-state index contributed by atoms with van der Waals surface area (Å²) in [4.78, 5) is 39.9. The summed E-state index contributed by atoms with van der Waals surface area (Å²) < 4.78 is 1.41. The maximum absolute atomic E-state index is 12.9. The van der Waals surface area contributed by atoms with E-state index in [1.807, 2.05) is 30.3 Å². The molecule has 0 saturated carbocycles. The van der Waals surface area contributed by atoms with Crippen LogP contribution < -0.4 is 10.9 Å². The first kappa shape index (κ1) is 18.0. The molecule has 6 heteroatoms. The first-order valence-electron chi connectivity index (χ1n) is 9.40. The molecule has 1 aliphatic rings. The van der Waals surface area contributed by atoms with Crippen LogP contribution in [0.2, 0.25) is 0 Å². The Kier molecular flexibility index (Phi) is 4.93. The van der Waals surface area contributed by atoms with E-state index >= 15 is 0 Å². The van der Waals surface area contributed by atoms with Crippen molar-refractivity contribution in [2.24, 2.45) is 0 Å². The second kappa shape index (κ2) is 7.68. The van der Waals surface area contributed by atoms with Crippen LogP contribution in [0.5, 0.6) is 0 Å². The molecule has 1 saturated heterocycles. The number of nitrogens with one attached hydrogen (secondary N) is 1. The number of hydrogen-bond acceptors (Lipinski definition) is 3. The molecular formula is C22H21N3O3. The third-order valence-electron chi connectivity index (χ3n) is 5.00. The number of para-hydroxylation sites is 2. The molecule has 1 N–H and O–H groups in total. The van der Waals surface area contributed by atoms with Gasteiger partial charge in [-0.1, -0.05) is 36.4 Å². The maximum atomic E-state index is 12.9. The SMILES string of the molecule is O=C(Cn1c(=O)cc(C(=O)N2CCCC2)c2ccccc21)Nc1ccccc1. The summed E-state index contributed by atoms with van der Waals surface area (Å²) in [5.41, 5.74) is 1.30. The van der Waals surface area contributed by atoms with E-state index in [2.05, 4.69) is 5.32 Å². The number of fused-ring (bicyclic) bond motifs is 1. The molecule has 6 nitrogen and oxygen atoms in total. The molecule has 0 atom stereocenters. The quantitative estimate of drug-likeness (QED) is 0.762. The Morgan fingerprint density at radius 1 is 0.929 bits per heavy atom. The third kappa shape index (κ3) is 3.53. The zero-order valence-corrected chi connectivity index (χ0v) is 15.4. The van der Waals surface area contributed by atoms with Gasteiger partial charge in [0.1, 0.15) is 6.54 Å². The highest BCUT2D eigenvalue weighted by Crippen LogP contribution is 2.21. The van der Waals surface area contributed by atoms with Crippen LogP contribution in [-0.4, -0.2) is 34.4 Å². The van der Waals surface area contributed by atoms with E-state index < -0.39 is 0 Å². The molecule has 1 fully saturated rings. The van der Waals surface area contributed by atoms with Gasteiger partial charge in [0, 0.05) is 30.2 Å². The van der Waals surface area contributed by atoms with Gasteiger partial charge in [0.15, 0.2) is 0 Å². The number of carbonyl (C=O) groups excluding carboxylic acids is 2. The lowest BCUT2D eigenvalue weighted by molar-refractivity contribution is -0.116. The molecule has 0 bridgehead atoms. The largest absolute Gasteiger partial charge is 0.339 e. The average molecular weight is 375 g/mol. The maximum Gasteiger partial charge on any atom is 0.254 e. The molecular weight excluding hydrogens is 354 g/mol. The molecule has 1 aliphatic heterocycles. The van der Waals surface area contributed by atoms with E-state index in [-0.39, 0.29) is 23.9 Å². The molecule has 2 amide bonds. The standard InChI is InChI=1S/C22H21N3O3/c26-20(23-16-8-2-1-3-9-16)15-25-19-11-5-4-10-17(19)18(14-21(25)27)22(28)24-12-6-7-13-24/h1-5,8-11,14H,6-7,12-13,15H2,(H,23,26). The molecule has 4 rings (SSSR count). The van der Waals surface area contributed by atoms with Crippen molar-refractivity contribution < 1.29 is 9.59 Å². The van der Waals surface area contributed by atoms with Crippen LogP contribution in [0.15, 0.2) is 65.5 Å². The van der Waals surface area contributed by atoms with Gasteiger partial charge in [-0.05, 0) is 31.0 Å². The van der Waals surface area contributed by atoms with Crippen molar-refractivity contribution >= 4 is 28.4 Å².